The van der Waals surface area contributed by atoms with E-state index in [-0.39, 0.29) is 5.91 Å². The Morgan fingerprint density at radius 2 is 1.61 bits per heavy atom. The molecule has 3 aromatic carbocycles. The van der Waals surface area contributed by atoms with Crippen molar-refractivity contribution in [3.8, 4) is 0 Å². The molecule has 0 bridgehead atoms. The first-order chi connectivity index (χ1) is 11.2. The maximum absolute atomic E-state index is 12.4. The summed E-state index contributed by atoms with van der Waals surface area (Å²) in [4.78, 5) is 12.4. The molecule has 1 amide bonds. The number of rotatable bonds is 4. The molecule has 3 nitrogen and oxygen atoms in total. The highest BCUT2D eigenvalue weighted by molar-refractivity contribution is 6.07. The molecule has 0 saturated heterocycles. The summed E-state index contributed by atoms with van der Waals surface area (Å²) in [7, 11) is 0. The summed E-state index contributed by atoms with van der Waals surface area (Å²) in [6.45, 7) is 1.91. The number of hydrogen-bond donors (Lipinski definition) is 1. The first-order valence-corrected chi connectivity index (χ1v) is 7.59. The Balaban J connectivity index is 1.75. The third-order valence-electron chi connectivity index (χ3n) is 3.69. The van der Waals surface area contributed by atoms with Crippen molar-refractivity contribution in [1.82, 2.24) is 5.43 Å². The van der Waals surface area contributed by atoms with Crippen LogP contribution >= 0.6 is 0 Å². The third-order valence-corrected chi connectivity index (χ3v) is 3.69. The van der Waals surface area contributed by atoms with Crippen LogP contribution < -0.4 is 5.43 Å². The second-order valence-corrected chi connectivity index (χ2v) is 5.48. The van der Waals surface area contributed by atoms with E-state index >= 15 is 0 Å². The number of benzene rings is 3. The minimum atomic E-state index is -0.186. The van der Waals surface area contributed by atoms with Crippen molar-refractivity contribution in [2.24, 2.45) is 5.10 Å². The maximum atomic E-state index is 12.4. The van der Waals surface area contributed by atoms with E-state index in [1.807, 2.05) is 79.7 Å². The minimum Gasteiger partial charge on any atom is -0.267 e. The van der Waals surface area contributed by atoms with Gasteiger partial charge in [-0.25, -0.2) is 5.43 Å². The molecular formula is C20H18N2O. The molecule has 3 heteroatoms. The molecular weight excluding hydrogens is 284 g/mol. The van der Waals surface area contributed by atoms with Gasteiger partial charge in [-0.3, -0.25) is 4.79 Å². The molecule has 0 spiro atoms. The zero-order valence-electron chi connectivity index (χ0n) is 13.0. The number of carbonyl (C=O) groups excluding carboxylic acids is 1. The molecule has 1 N–H and O–H groups in total. The average molecular weight is 302 g/mol. The molecule has 0 fully saturated rings. The molecule has 0 heterocycles. The van der Waals surface area contributed by atoms with Crippen molar-refractivity contribution in [1.29, 1.82) is 0 Å². The molecule has 23 heavy (non-hydrogen) atoms. The number of nitrogens with one attached hydrogen (secondary N) is 1. The molecule has 0 aliphatic carbocycles. The predicted octanol–water partition coefficient (Wildman–Crippen LogP) is 4.19. The van der Waals surface area contributed by atoms with Gasteiger partial charge in [0.05, 0.1) is 0 Å². The number of fused-ring (bicyclic) bond motifs is 1. The van der Waals surface area contributed by atoms with Crippen LogP contribution in [0.3, 0.4) is 0 Å². The molecule has 0 aromatic heterocycles. The lowest BCUT2D eigenvalue weighted by Crippen LogP contribution is -2.19. The largest absolute Gasteiger partial charge is 0.271 e. The first kappa shape index (κ1) is 15.0. The highest BCUT2D eigenvalue weighted by atomic mass is 16.2. The number of carbonyl (C=O) groups is 1. The Labute approximate surface area is 135 Å². The van der Waals surface area contributed by atoms with Crippen molar-refractivity contribution in [3.63, 3.8) is 0 Å². The fraction of sp³-hybridized carbons (Fsp3) is 0.100. The van der Waals surface area contributed by atoms with Gasteiger partial charge in [-0.2, -0.15) is 5.10 Å². The van der Waals surface area contributed by atoms with E-state index in [4.69, 9.17) is 0 Å². The van der Waals surface area contributed by atoms with E-state index < -0.39 is 0 Å². The first-order valence-electron chi connectivity index (χ1n) is 7.59. The van der Waals surface area contributed by atoms with Gasteiger partial charge in [0.1, 0.15) is 0 Å². The van der Waals surface area contributed by atoms with E-state index in [0.717, 1.165) is 22.9 Å². The number of hydrogen-bond acceptors (Lipinski definition) is 2. The fourth-order valence-electron chi connectivity index (χ4n) is 2.56. The Morgan fingerprint density at radius 1 is 0.913 bits per heavy atom. The van der Waals surface area contributed by atoms with Gasteiger partial charge < -0.3 is 0 Å². The van der Waals surface area contributed by atoms with Gasteiger partial charge >= 0.3 is 0 Å². The molecule has 0 radical (unpaired) electrons. The van der Waals surface area contributed by atoms with Crippen LogP contribution in [0.25, 0.3) is 10.8 Å². The Bertz CT molecular complexity index is 848. The summed E-state index contributed by atoms with van der Waals surface area (Å²) in [6.07, 6.45) is 0.719. The third kappa shape index (κ3) is 3.64. The predicted molar refractivity (Wildman–Crippen MR) is 94.7 cm³/mol. The fourth-order valence-corrected chi connectivity index (χ4v) is 2.56. The second-order valence-electron chi connectivity index (χ2n) is 5.48. The van der Waals surface area contributed by atoms with Gasteiger partial charge in [-0.1, -0.05) is 66.7 Å². The van der Waals surface area contributed by atoms with Gasteiger partial charge in [0.25, 0.3) is 5.91 Å². The Kier molecular flexibility index (Phi) is 4.48. The molecule has 3 aromatic rings. The van der Waals surface area contributed by atoms with E-state index in [0.29, 0.717) is 5.56 Å². The maximum Gasteiger partial charge on any atom is 0.271 e. The lowest BCUT2D eigenvalue weighted by molar-refractivity contribution is 0.0956. The van der Waals surface area contributed by atoms with Crippen LogP contribution in [-0.4, -0.2) is 11.6 Å². The highest BCUT2D eigenvalue weighted by Crippen LogP contribution is 2.18. The van der Waals surface area contributed by atoms with E-state index in [9.17, 15) is 4.79 Å². The molecule has 0 aliphatic rings. The van der Waals surface area contributed by atoms with Crippen LogP contribution in [0, 0.1) is 0 Å². The molecule has 0 saturated carbocycles. The van der Waals surface area contributed by atoms with Gasteiger partial charge in [0, 0.05) is 17.7 Å². The summed E-state index contributed by atoms with van der Waals surface area (Å²) < 4.78 is 0. The van der Waals surface area contributed by atoms with Crippen molar-refractivity contribution in [2.75, 3.05) is 0 Å². The van der Waals surface area contributed by atoms with Crippen molar-refractivity contribution in [3.05, 3.63) is 83.9 Å². The second kappa shape index (κ2) is 6.88. The van der Waals surface area contributed by atoms with Crippen LogP contribution in [0.5, 0.6) is 0 Å². The van der Waals surface area contributed by atoms with Gasteiger partial charge in [-0.15, -0.1) is 0 Å². The van der Waals surface area contributed by atoms with E-state index in [2.05, 4.69) is 10.5 Å². The summed E-state index contributed by atoms with van der Waals surface area (Å²) in [5.74, 6) is -0.186. The summed E-state index contributed by atoms with van der Waals surface area (Å²) in [6, 6.07) is 23.6. The SMILES string of the molecule is CC(Cc1ccccc1)=NNC(=O)c1cccc2ccccc12. The van der Waals surface area contributed by atoms with Gasteiger partial charge in [-0.05, 0) is 29.3 Å². The molecule has 3 rings (SSSR count). The monoisotopic (exact) mass is 302 g/mol. The Morgan fingerprint density at radius 3 is 2.43 bits per heavy atom. The zero-order valence-corrected chi connectivity index (χ0v) is 13.0. The van der Waals surface area contributed by atoms with Crippen LogP contribution in [0.15, 0.2) is 77.9 Å². The smallest absolute Gasteiger partial charge is 0.267 e. The molecule has 0 unspecified atom stereocenters. The summed E-state index contributed by atoms with van der Waals surface area (Å²) in [5, 5.41) is 6.20. The lowest BCUT2D eigenvalue weighted by Gasteiger charge is -2.06. The number of hydrazone groups is 1. The molecule has 114 valence electrons. The van der Waals surface area contributed by atoms with Crippen molar-refractivity contribution in [2.45, 2.75) is 13.3 Å². The number of amides is 1. The van der Waals surface area contributed by atoms with Crippen LogP contribution in [0.1, 0.15) is 22.8 Å². The number of nitrogens with zero attached hydrogens (tertiary/aromatic N) is 1. The standard InChI is InChI=1S/C20H18N2O/c1-15(14-16-8-3-2-4-9-16)21-22-20(23)19-13-7-11-17-10-5-6-12-18(17)19/h2-13H,14H2,1H3,(H,22,23). The lowest BCUT2D eigenvalue weighted by atomic mass is 10.0. The Hall–Kier alpha value is -2.94. The summed E-state index contributed by atoms with van der Waals surface area (Å²) in [5.41, 5.74) is 5.34. The topological polar surface area (TPSA) is 41.5 Å². The van der Waals surface area contributed by atoms with E-state index in [1.54, 1.807) is 0 Å². The average Bonchev–Trinajstić information content (AvgIpc) is 2.60. The van der Waals surface area contributed by atoms with Crippen molar-refractivity contribution >= 4 is 22.4 Å². The molecule has 0 atom stereocenters. The molecule has 0 aliphatic heterocycles. The summed E-state index contributed by atoms with van der Waals surface area (Å²) >= 11 is 0. The zero-order chi connectivity index (χ0) is 16.1. The van der Waals surface area contributed by atoms with Gasteiger partial charge in [0.2, 0.25) is 0 Å². The normalized spacial score (nSPS) is 11.4. The van der Waals surface area contributed by atoms with Crippen LogP contribution in [0.4, 0.5) is 0 Å². The quantitative estimate of drug-likeness (QED) is 0.570. The highest BCUT2D eigenvalue weighted by Gasteiger charge is 2.08. The van der Waals surface area contributed by atoms with Crippen LogP contribution in [-0.2, 0) is 6.42 Å². The van der Waals surface area contributed by atoms with Crippen molar-refractivity contribution < 1.29 is 4.79 Å². The van der Waals surface area contributed by atoms with E-state index in [1.165, 1.54) is 5.56 Å². The van der Waals surface area contributed by atoms with Gasteiger partial charge in [0.15, 0.2) is 0 Å². The van der Waals surface area contributed by atoms with Crippen LogP contribution in [0.2, 0.25) is 0 Å². The minimum absolute atomic E-state index is 0.186.